The molecular weight excluding hydrogens is 378 g/mol. The first kappa shape index (κ1) is 20.0. The van der Waals surface area contributed by atoms with Gasteiger partial charge in [-0.05, 0) is 49.1 Å². The summed E-state index contributed by atoms with van der Waals surface area (Å²) in [5.74, 6) is 1.78. The quantitative estimate of drug-likeness (QED) is 0.630. The van der Waals surface area contributed by atoms with Crippen molar-refractivity contribution >= 4 is 5.91 Å². The molecule has 0 aliphatic carbocycles. The molecule has 1 aliphatic rings. The number of nitrogens with zero attached hydrogens (tertiary/aromatic N) is 3. The summed E-state index contributed by atoms with van der Waals surface area (Å²) in [6, 6.07) is 15.4. The molecule has 2 aromatic carbocycles. The van der Waals surface area contributed by atoms with Gasteiger partial charge in [-0.15, -0.1) is 0 Å². The van der Waals surface area contributed by atoms with E-state index in [1.165, 1.54) is 0 Å². The molecule has 0 N–H and O–H groups in total. The van der Waals surface area contributed by atoms with Crippen molar-refractivity contribution in [3.05, 3.63) is 60.3 Å². The van der Waals surface area contributed by atoms with Gasteiger partial charge in [-0.25, -0.2) is 4.68 Å². The molecule has 1 unspecified atom stereocenters. The third-order valence-electron chi connectivity index (χ3n) is 5.57. The minimum atomic E-state index is 0.0218. The van der Waals surface area contributed by atoms with Gasteiger partial charge in [0.05, 0.1) is 25.5 Å². The number of carbonyl (C=O) groups is 1. The normalized spacial score (nSPS) is 16.4. The highest BCUT2D eigenvalue weighted by atomic mass is 16.5. The van der Waals surface area contributed by atoms with Crippen LogP contribution in [-0.4, -0.2) is 47.9 Å². The fourth-order valence-corrected chi connectivity index (χ4v) is 3.98. The Kier molecular flexibility index (Phi) is 5.74. The summed E-state index contributed by atoms with van der Waals surface area (Å²) in [6.07, 6.45) is 4.03. The Morgan fingerprint density at radius 2 is 1.83 bits per heavy atom. The van der Waals surface area contributed by atoms with E-state index in [9.17, 15) is 4.79 Å². The Morgan fingerprint density at radius 1 is 1.07 bits per heavy atom. The summed E-state index contributed by atoms with van der Waals surface area (Å²) in [6.45, 7) is 3.76. The highest BCUT2D eigenvalue weighted by Gasteiger charge is 2.27. The standard InChI is InChI=1S/C24H27N3O3/c1-17-8-7-13-26(15-17)24(28)20-16-27(19-9-5-4-6-10-19)25-23(20)18-11-12-21(29-2)22(14-18)30-3/h4-6,9-12,14,16-17H,7-8,13,15H2,1-3H3. The van der Waals surface area contributed by atoms with Crippen LogP contribution in [0.5, 0.6) is 11.5 Å². The van der Waals surface area contributed by atoms with E-state index in [-0.39, 0.29) is 5.91 Å². The molecule has 0 bridgehead atoms. The van der Waals surface area contributed by atoms with Gasteiger partial charge in [0.15, 0.2) is 11.5 Å². The van der Waals surface area contributed by atoms with Crippen molar-refractivity contribution in [3.8, 4) is 28.4 Å². The number of amides is 1. The molecule has 0 saturated carbocycles. The predicted molar refractivity (Wildman–Crippen MR) is 116 cm³/mol. The minimum Gasteiger partial charge on any atom is -0.493 e. The zero-order chi connectivity index (χ0) is 21.1. The van der Waals surface area contributed by atoms with Gasteiger partial charge in [-0.1, -0.05) is 25.1 Å². The predicted octanol–water partition coefficient (Wildman–Crippen LogP) is 4.43. The first-order valence-corrected chi connectivity index (χ1v) is 10.3. The number of methoxy groups -OCH3 is 2. The number of ether oxygens (including phenoxy) is 2. The number of piperidine rings is 1. The number of benzene rings is 2. The van der Waals surface area contributed by atoms with Crippen LogP contribution in [0, 0.1) is 5.92 Å². The summed E-state index contributed by atoms with van der Waals surface area (Å²) in [7, 11) is 3.21. The lowest BCUT2D eigenvalue weighted by Gasteiger charge is -2.30. The Morgan fingerprint density at radius 3 is 2.53 bits per heavy atom. The van der Waals surface area contributed by atoms with Crippen LogP contribution in [0.3, 0.4) is 0 Å². The Bertz CT molecular complexity index is 1030. The molecule has 2 heterocycles. The summed E-state index contributed by atoms with van der Waals surface area (Å²) in [4.78, 5) is 15.4. The maximum Gasteiger partial charge on any atom is 0.257 e. The molecule has 6 heteroatoms. The van der Waals surface area contributed by atoms with E-state index in [0.717, 1.165) is 37.2 Å². The highest BCUT2D eigenvalue weighted by molar-refractivity contribution is 6.00. The Hall–Kier alpha value is -3.28. The molecule has 1 fully saturated rings. The minimum absolute atomic E-state index is 0.0218. The second-order valence-corrected chi connectivity index (χ2v) is 7.74. The molecule has 1 atom stereocenters. The van der Waals surface area contributed by atoms with Gasteiger partial charge in [0.1, 0.15) is 5.69 Å². The molecule has 156 valence electrons. The Balaban J connectivity index is 1.80. The summed E-state index contributed by atoms with van der Waals surface area (Å²) >= 11 is 0. The van der Waals surface area contributed by atoms with Crippen molar-refractivity contribution in [1.29, 1.82) is 0 Å². The number of rotatable bonds is 5. The molecule has 1 amide bonds. The molecular formula is C24H27N3O3. The molecule has 30 heavy (non-hydrogen) atoms. The fraction of sp³-hybridized carbons (Fsp3) is 0.333. The van der Waals surface area contributed by atoms with E-state index in [4.69, 9.17) is 14.6 Å². The first-order valence-electron chi connectivity index (χ1n) is 10.3. The monoisotopic (exact) mass is 405 g/mol. The lowest BCUT2D eigenvalue weighted by Crippen LogP contribution is -2.39. The van der Waals surface area contributed by atoms with Gasteiger partial charge in [0, 0.05) is 24.8 Å². The largest absolute Gasteiger partial charge is 0.493 e. The summed E-state index contributed by atoms with van der Waals surface area (Å²) in [5, 5.41) is 4.79. The van der Waals surface area contributed by atoms with Crippen LogP contribution in [0.2, 0.25) is 0 Å². The molecule has 0 spiro atoms. The van der Waals surface area contributed by atoms with Crippen molar-refractivity contribution in [2.45, 2.75) is 19.8 Å². The second-order valence-electron chi connectivity index (χ2n) is 7.74. The number of para-hydroxylation sites is 1. The van der Waals surface area contributed by atoms with Crippen molar-refractivity contribution in [2.75, 3.05) is 27.3 Å². The van der Waals surface area contributed by atoms with Crippen LogP contribution in [-0.2, 0) is 0 Å². The van der Waals surface area contributed by atoms with Crippen molar-refractivity contribution in [3.63, 3.8) is 0 Å². The van der Waals surface area contributed by atoms with E-state index in [1.807, 2.05) is 59.6 Å². The Labute approximate surface area is 177 Å². The molecule has 4 rings (SSSR count). The van der Waals surface area contributed by atoms with Gasteiger partial charge in [0.25, 0.3) is 5.91 Å². The highest BCUT2D eigenvalue weighted by Crippen LogP contribution is 2.34. The lowest BCUT2D eigenvalue weighted by atomic mass is 9.99. The maximum atomic E-state index is 13.5. The number of hydrogen-bond donors (Lipinski definition) is 0. The lowest BCUT2D eigenvalue weighted by molar-refractivity contribution is 0.0684. The molecule has 1 aromatic heterocycles. The third-order valence-corrected chi connectivity index (χ3v) is 5.57. The smallest absolute Gasteiger partial charge is 0.257 e. The number of likely N-dealkylation sites (tertiary alicyclic amines) is 1. The molecule has 1 aliphatic heterocycles. The van der Waals surface area contributed by atoms with E-state index < -0.39 is 0 Å². The fourth-order valence-electron chi connectivity index (χ4n) is 3.98. The van der Waals surface area contributed by atoms with E-state index in [0.29, 0.717) is 28.7 Å². The summed E-state index contributed by atoms with van der Waals surface area (Å²) in [5.41, 5.74) is 2.96. The topological polar surface area (TPSA) is 56.6 Å². The van der Waals surface area contributed by atoms with Crippen LogP contribution >= 0.6 is 0 Å². The van der Waals surface area contributed by atoms with Gasteiger partial charge >= 0.3 is 0 Å². The first-order chi connectivity index (χ1) is 14.6. The van der Waals surface area contributed by atoms with Crippen molar-refractivity contribution in [1.82, 2.24) is 14.7 Å². The van der Waals surface area contributed by atoms with Gasteiger partial charge in [-0.3, -0.25) is 4.79 Å². The zero-order valence-electron chi connectivity index (χ0n) is 17.7. The molecule has 1 saturated heterocycles. The van der Waals surface area contributed by atoms with E-state index in [2.05, 4.69) is 6.92 Å². The third kappa shape index (κ3) is 3.90. The van der Waals surface area contributed by atoms with E-state index in [1.54, 1.807) is 18.9 Å². The van der Waals surface area contributed by atoms with Crippen LogP contribution in [0.1, 0.15) is 30.1 Å². The molecule has 0 radical (unpaired) electrons. The molecule has 6 nitrogen and oxygen atoms in total. The number of aromatic nitrogens is 2. The number of carbonyl (C=O) groups excluding carboxylic acids is 1. The number of hydrogen-bond acceptors (Lipinski definition) is 4. The average molecular weight is 405 g/mol. The summed E-state index contributed by atoms with van der Waals surface area (Å²) < 4.78 is 12.6. The zero-order valence-corrected chi connectivity index (χ0v) is 17.7. The van der Waals surface area contributed by atoms with Gasteiger partial charge < -0.3 is 14.4 Å². The molecule has 3 aromatic rings. The van der Waals surface area contributed by atoms with Crippen molar-refractivity contribution < 1.29 is 14.3 Å². The van der Waals surface area contributed by atoms with Gasteiger partial charge in [-0.2, -0.15) is 5.10 Å². The SMILES string of the molecule is COc1ccc(-c2nn(-c3ccccc3)cc2C(=O)N2CCCC(C)C2)cc1OC. The van der Waals surface area contributed by atoms with Crippen molar-refractivity contribution in [2.24, 2.45) is 5.92 Å². The van der Waals surface area contributed by atoms with Crippen LogP contribution in [0.25, 0.3) is 16.9 Å². The second kappa shape index (κ2) is 8.61. The average Bonchev–Trinajstić information content (AvgIpc) is 3.24. The van der Waals surface area contributed by atoms with Gasteiger partial charge in [0.2, 0.25) is 0 Å². The van der Waals surface area contributed by atoms with E-state index >= 15 is 0 Å². The van der Waals surface area contributed by atoms with Crippen LogP contribution in [0.15, 0.2) is 54.7 Å². The van der Waals surface area contributed by atoms with Crippen LogP contribution in [0.4, 0.5) is 0 Å². The van der Waals surface area contributed by atoms with Crippen LogP contribution < -0.4 is 9.47 Å². The maximum absolute atomic E-state index is 13.5.